The first-order valence-electron chi connectivity index (χ1n) is 6.50. The molecule has 0 saturated heterocycles. The summed E-state index contributed by atoms with van der Waals surface area (Å²) in [6.07, 6.45) is 0.617. The molecule has 112 valence electrons. The monoisotopic (exact) mass is 371 g/mol. The van der Waals surface area contributed by atoms with Crippen LogP contribution in [0, 0.1) is 5.82 Å². The Balaban J connectivity index is 2.36. The maximum atomic E-state index is 13.6. The van der Waals surface area contributed by atoms with Crippen LogP contribution in [-0.4, -0.2) is 14.2 Å². The van der Waals surface area contributed by atoms with Gasteiger partial charge in [-0.15, -0.1) is 0 Å². The molecule has 0 saturated carbocycles. The van der Waals surface area contributed by atoms with Crippen molar-refractivity contribution < 1.29 is 9.13 Å². The summed E-state index contributed by atoms with van der Waals surface area (Å²) in [5, 5.41) is 3.88. The third-order valence-corrected chi connectivity index (χ3v) is 4.49. The number of nitrogens with one attached hydrogen (secondary N) is 1. The van der Waals surface area contributed by atoms with Crippen LogP contribution in [0.15, 0.2) is 40.9 Å². The fourth-order valence-electron chi connectivity index (χ4n) is 2.27. The average Bonchev–Trinajstić information content (AvgIpc) is 2.49. The van der Waals surface area contributed by atoms with Gasteiger partial charge in [-0.25, -0.2) is 4.39 Å². The highest BCUT2D eigenvalue weighted by Crippen LogP contribution is 2.32. The van der Waals surface area contributed by atoms with E-state index in [1.165, 1.54) is 6.07 Å². The summed E-state index contributed by atoms with van der Waals surface area (Å²) >= 11 is 9.38. The zero-order valence-corrected chi connectivity index (χ0v) is 14.1. The lowest BCUT2D eigenvalue weighted by Gasteiger charge is -2.20. The molecule has 21 heavy (non-hydrogen) atoms. The van der Waals surface area contributed by atoms with Gasteiger partial charge in [-0.2, -0.15) is 0 Å². The second-order valence-corrected chi connectivity index (χ2v) is 5.87. The van der Waals surface area contributed by atoms with Crippen LogP contribution in [0.3, 0.4) is 0 Å². The van der Waals surface area contributed by atoms with Gasteiger partial charge in [0, 0.05) is 16.6 Å². The van der Waals surface area contributed by atoms with Crippen LogP contribution in [0.2, 0.25) is 5.02 Å². The molecular formula is C16H16BrClFNO. The second-order valence-electron chi connectivity index (χ2n) is 4.64. The molecule has 0 heterocycles. The number of hydrogen-bond acceptors (Lipinski definition) is 2. The van der Waals surface area contributed by atoms with Crippen molar-refractivity contribution in [3.8, 4) is 5.75 Å². The lowest BCUT2D eigenvalue weighted by atomic mass is 9.98. The van der Waals surface area contributed by atoms with Crippen molar-refractivity contribution in [2.75, 3.05) is 14.2 Å². The Morgan fingerprint density at radius 1 is 1.33 bits per heavy atom. The molecule has 5 heteroatoms. The first-order valence-corrected chi connectivity index (χ1v) is 7.67. The first kappa shape index (κ1) is 16.3. The number of rotatable bonds is 5. The fraction of sp³-hybridized carbons (Fsp3) is 0.250. The number of hydrogen-bond donors (Lipinski definition) is 1. The molecule has 1 N–H and O–H groups in total. The molecule has 0 aliphatic carbocycles. The zero-order valence-electron chi connectivity index (χ0n) is 11.8. The normalized spacial score (nSPS) is 12.2. The van der Waals surface area contributed by atoms with Crippen LogP contribution in [0.25, 0.3) is 0 Å². The van der Waals surface area contributed by atoms with Crippen LogP contribution in [0.5, 0.6) is 5.75 Å². The fourth-order valence-corrected chi connectivity index (χ4v) is 2.88. The highest BCUT2D eigenvalue weighted by atomic mass is 79.9. The van der Waals surface area contributed by atoms with Gasteiger partial charge >= 0.3 is 0 Å². The average molecular weight is 373 g/mol. The molecule has 1 atom stereocenters. The van der Waals surface area contributed by atoms with Crippen molar-refractivity contribution in [3.05, 3.63) is 62.8 Å². The molecule has 0 bridgehead atoms. The molecule has 2 rings (SSSR count). The Bertz CT molecular complexity index is 636. The van der Waals surface area contributed by atoms with Crippen LogP contribution in [-0.2, 0) is 6.42 Å². The van der Waals surface area contributed by atoms with Gasteiger partial charge in [0.1, 0.15) is 11.6 Å². The van der Waals surface area contributed by atoms with E-state index in [1.807, 2.05) is 25.2 Å². The van der Waals surface area contributed by atoms with Crippen molar-refractivity contribution in [2.24, 2.45) is 0 Å². The van der Waals surface area contributed by atoms with E-state index in [0.29, 0.717) is 15.9 Å². The minimum atomic E-state index is -0.264. The summed E-state index contributed by atoms with van der Waals surface area (Å²) < 4.78 is 19.5. The molecule has 0 spiro atoms. The van der Waals surface area contributed by atoms with Gasteiger partial charge in [0.15, 0.2) is 0 Å². The summed E-state index contributed by atoms with van der Waals surface area (Å²) in [7, 11) is 3.48. The molecular weight excluding hydrogens is 357 g/mol. The Kier molecular flexibility index (Phi) is 5.62. The minimum absolute atomic E-state index is 0.0308. The van der Waals surface area contributed by atoms with E-state index in [0.717, 1.165) is 16.9 Å². The molecule has 0 aliphatic heterocycles. The van der Waals surface area contributed by atoms with E-state index in [-0.39, 0.29) is 11.9 Å². The highest BCUT2D eigenvalue weighted by Gasteiger charge is 2.17. The maximum absolute atomic E-state index is 13.6. The SMILES string of the molecule is CNC(Cc1cccc(F)c1Br)c1cc(Cl)ccc1OC. The third kappa shape index (κ3) is 3.76. The Labute approximate surface area is 137 Å². The quantitative estimate of drug-likeness (QED) is 0.817. The lowest BCUT2D eigenvalue weighted by Crippen LogP contribution is -2.20. The summed E-state index contributed by atoms with van der Waals surface area (Å²) in [5.41, 5.74) is 1.83. The third-order valence-electron chi connectivity index (χ3n) is 3.37. The maximum Gasteiger partial charge on any atom is 0.137 e. The van der Waals surface area contributed by atoms with Gasteiger partial charge in [0.05, 0.1) is 11.6 Å². The van der Waals surface area contributed by atoms with Crippen molar-refractivity contribution in [1.29, 1.82) is 0 Å². The number of ether oxygens (including phenoxy) is 1. The Morgan fingerprint density at radius 3 is 2.76 bits per heavy atom. The van der Waals surface area contributed by atoms with E-state index in [9.17, 15) is 4.39 Å². The predicted molar refractivity (Wildman–Crippen MR) is 87.6 cm³/mol. The molecule has 2 aromatic rings. The smallest absolute Gasteiger partial charge is 0.137 e. The lowest BCUT2D eigenvalue weighted by molar-refractivity contribution is 0.401. The molecule has 1 unspecified atom stereocenters. The number of methoxy groups -OCH3 is 1. The van der Waals surface area contributed by atoms with E-state index in [4.69, 9.17) is 16.3 Å². The largest absolute Gasteiger partial charge is 0.496 e. The molecule has 0 amide bonds. The zero-order chi connectivity index (χ0) is 15.4. The molecule has 0 fully saturated rings. The second kappa shape index (κ2) is 7.25. The van der Waals surface area contributed by atoms with Gasteiger partial charge < -0.3 is 10.1 Å². The molecule has 0 aliphatic rings. The topological polar surface area (TPSA) is 21.3 Å². The van der Waals surface area contributed by atoms with Crippen molar-refractivity contribution in [3.63, 3.8) is 0 Å². The van der Waals surface area contributed by atoms with Gasteiger partial charge in [0.2, 0.25) is 0 Å². The van der Waals surface area contributed by atoms with Crippen molar-refractivity contribution in [2.45, 2.75) is 12.5 Å². The van der Waals surface area contributed by atoms with E-state index < -0.39 is 0 Å². The Hall–Kier alpha value is -1.10. The number of benzene rings is 2. The Morgan fingerprint density at radius 2 is 2.10 bits per heavy atom. The van der Waals surface area contributed by atoms with Crippen LogP contribution in [0.1, 0.15) is 17.2 Å². The standard InChI is InChI=1S/C16H16BrClFNO/c1-20-14(8-10-4-3-5-13(19)16(10)17)12-9-11(18)6-7-15(12)21-2/h3-7,9,14,20H,8H2,1-2H3. The first-order chi connectivity index (χ1) is 10.1. The summed E-state index contributed by atoms with van der Waals surface area (Å²) in [4.78, 5) is 0. The van der Waals surface area contributed by atoms with Crippen molar-refractivity contribution in [1.82, 2.24) is 5.32 Å². The van der Waals surface area contributed by atoms with E-state index >= 15 is 0 Å². The number of halogens is 3. The van der Waals surface area contributed by atoms with E-state index in [2.05, 4.69) is 21.2 Å². The van der Waals surface area contributed by atoms with Crippen molar-refractivity contribution >= 4 is 27.5 Å². The summed E-state index contributed by atoms with van der Waals surface area (Å²) in [5.74, 6) is 0.492. The summed E-state index contributed by atoms with van der Waals surface area (Å²) in [6.45, 7) is 0. The van der Waals surface area contributed by atoms with Crippen LogP contribution >= 0.6 is 27.5 Å². The molecule has 2 nitrogen and oxygen atoms in total. The van der Waals surface area contributed by atoms with Gasteiger partial charge in [-0.05, 0) is 59.2 Å². The van der Waals surface area contributed by atoms with E-state index in [1.54, 1.807) is 19.2 Å². The predicted octanol–water partition coefficient (Wildman–Crippen LogP) is 4.75. The van der Waals surface area contributed by atoms with Gasteiger partial charge in [0.25, 0.3) is 0 Å². The molecule has 0 radical (unpaired) electrons. The summed E-state index contributed by atoms with van der Waals surface area (Å²) in [6, 6.07) is 10.5. The highest BCUT2D eigenvalue weighted by molar-refractivity contribution is 9.10. The number of likely N-dealkylation sites (N-methyl/N-ethyl adjacent to an activating group) is 1. The molecule has 0 aromatic heterocycles. The molecule has 2 aromatic carbocycles. The van der Waals surface area contributed by atoms with Crippen LogP contribution in [0.4, 0.5) is 4.39 Å². The van der Waals surface area contributed by atoms with Gasteiger partial charge in [-0.1, -0.05) is 23.7 Å². The van der Waals surface area contributed by atoms with Crippen LogP contribution < -0.4 is 10.1 Å². The minimum Gasteiger partial charge on any atom is -0.496 e. The van der Waals surface area contributed by atoms with Gasteiger partial charge in [-0.3, -0.25) is 0 Å².